The number of methoxy groups -OCH3 is 1. The topological polar surface area (TPSA) is 38.8 Å². The van der Waals surface area contributed by atoms with E-state index in [1.165, 1.54) is 18.2 Å². The molecule has 3 aromatic rings. The largest absolute Gasteiger partial charge is 0.453 e. The van der Waals surface area contributed by atoms with Gasteiger partial charge in [-0.1, -0.05) is 103 Å². The zero-order valence-corrected chi connectivity index (χ0v) is 18.4. The smallest absolute Gasteiger partial charge is 0.410 e. The molecule has 32 heavy (non-hydrogen) atoms. The van der Waals surface area contributed by atoms with Crippen LogP contribution in [0.1, 0.15) is 41.6 Å². The van der Waals surface area contributed by atoms with Gasteiger partial charge >= 0.3 is 6.09 Å². The highest BCUT2D eigenvalue weighted by atomic mass is 16.5. The van der Waals surface area contributed by atoms with E-state index in [0.29, 0.717) is 13.2 Å². The summed E-state index contributed by atoms with van der Waals surface area (Å²) in [7, 11) is 1.45. The lowest BCUT2D eigenvalue weighted by Crippen LogP contribution is -2.40. The first-order valence-electron chi connectivity index (χ1n) is 11.0. The third-order valence-electron chi connectivity index (χ3n) is 5.87. The summed E-state index contributed by atoms with van der Waals surface area (Å²) in [6.45, 7) is 1.24. The van der Waals surface area contributed by atoms with Crippen LogP contribution in [0.15, 0.2) is 103 Å². The van der Waals surface area contributed by atoms with Crippen molar-refractivity contribution in [2.75, 3.05) is 13.7 Å². The van der Waals surface area contributed by atoms with Gasteiger partial charge in [-0.3, -0.25) is 4.90 Å². The summed E-state index contributed by atoms with van der Waals surface area (Å²) in [4.78, 5) is 14.8. The number of amides is 1. The molecule has 0 bridgehead atoms. The third kappa shape index (κ3) is 5.27. The van der Waals surface area contributed by atoms with Crippen molar-refractivity contribution < 1.29 is 14.3 Å². The molecule has 1 aliphatic heterocycles. The summed E-state index contributed by atoms with van der Waals surface area (Å²) in [5.41, 5.74) is 4.64. The Hall–Kier alpha value is -3.37. The fourth-order valence-corrected chi connectivity index (χ4v) is 4.27. The second kappa shape index (κ2) is 10.8. The van der Waals surface area contributed by atoms with E-state index < -0.39 is 0 Å². The molecule has 0 aliphatic carbocycles. The summed E-state index contributed by atoms with van der Waals surface area (Å²) in [6, 6.07) is 30.3. The molecule has 164 valence electrons. The van der Waals surface area contributed by atoms with Crippen molar-refractivity contribution in [3.63, 3.8) is 0 Å². The number of nitrogens with zero attached hydrogens (tertiary/aromatic N) is 1. The first kappa shape index (κ1) is 21.8. The molecular weight excluding hydrogens is 398 g/mol. The van der Waals surface area contributed by atoms with Crippen molar-refractivity contribution in [1.82, 2.24) is 4.90 Å². The van der Waals surface area contributed by atoms with Gasteiger partial charge in [0.05, 0.1) is 32.4 Å². The second-order valence-corrected chi connectivity index (χ2v) is 7.98. The van der Waals surface area contributed by atoms with Crippen LogP contribution in [-0.4, -0.2) is 24.7 Å². The van der Waals surface area contributed by atoms with Gasteiger partial charge in [-0.15, -0.1) is 0 Å². The second-order valence-electron chi connectivity index (χ2n) is 7.98. The van der Waals surface area contributed by atoms with Crippen LogP contribution in [0.25, 0.3) is 0 Å². The average molecular weight is 428 g/mol. The van der Waals surface area contributed by atoms with E-state index in [9.17, 15) is 4.79 Å². The summed E-state index contributed by atoms with van der Waals surface area (Å²) in [6.07, 6.45) is 3.48. The summed E-state index contributed by atoms with van der Waals surface area (Å²) in [5.74, 6) is 0. The van der Waals surface area contributed by atoms with Crippen LogP contribution < -0.4 is 0 Å². The van der Waals surface area contributed by atoms with E-state index in [0.717, 1.165) is 24.0 Å². The number of carbonyl (C=O) groups is 1. The molecule has 4 nitrogen and oxygen atoms in total. The fraction of sp³-hybridized carbons (Fsp3) is 0.250. The molecule has 1 aliphatic rings. The Bertz CT molecular complexity index is 1020. The van der Waals surface area contributed by atoms with Gasteiger partial charge in [0.1, 0.15) is 0 Å². The Morgan fingerprint density at radius 2 is 1.47 bits per heavy atom. The van der Waals surface area contributed by atoms with Gasteiger partial charge in [-0.05, 0) is 29.5 Å². The van der Waals surface area contributed by atoms with E-state index in [-0.39, 0.29) is 18.2 Å². The fourth-order valence-electron chi connectivity index (χ4n) is 4.27. The van der Waals surface area contributed by atoms with Gasteiger partial charge in [0, 0.05) is 0 Å². The number of carbonyl (C=O) groups excluding carboxylic acids is 1. The normalized spacial score (nSPS) is 18.2. The quantitative estimate of drug-likeness (QED) is 0.320. The van der Waals surface area contributed by atoms with Crippen LogP contribution in [0, 0.1) is 0 Å². The van der Waals surface area contributed by atoms with E-state index in [1.807, 2.05) is 59.5 Å². The third-order valence-corrected chi connectivity index (χ3v) is 5.87. The first-order chi connectivity index (χ1) is 15.8. The van der Waals surface area contributed by atoms with Gasteiger partial charge in [0.2, 0.25) is 0 Å². The Morgan fingerprint density at radius 1 is 0.875 bits per heavy atom. The molecule has 0 saturated heterocycles. The molecule has 4 rings (SSSR count). The Labute approximate surface area is 190 Å². The molecule has 3 aromatic carbocycles. The highest BCUT2D eigenvalue weighted by Crippen LogP contribution is 2.42. The molecule has 0 aromatic heterocycles. The molecule has 0 radical (unpaired) electrons. The number of hydrogen-bond acceptors (Lipinski definition) is 3. The summed E-state index contributed by atoms with van der Waals surface area (Å²) >= 11 is 0. The number of rotatable bonds is 7. The van der Waals surface area contributed by atoms with Gasteiger partial charge in [-0.25, -0.2) is 4.79 Å². The van der Waals surface area contributed by atoms with E-state index in [2.05, 4.69) is 42.5 Å². The number of hydrogen-bond donors (Lipinski definition) is 0. The highest BCUT2D eigenvalue weighted by molar-refractivity contribution is 5.70. The SMILES string of the molecule is COC(=O)N1[C@H](c2ccccc2)C=C(CCOCc2ccccc2)C[C@H]1c1ccccc1. The monoisotopic (exact) mass is 427 g/mol. The first-order valence-corrected chi connectivity index (χ1v) is 11.0. The van der Waals surface area contributed by atoms with Crippen LogP contribution in [-0.2, 0) is 16.1 Å². The van der Waals surface area contributed by atoms with Crippen molar-refractivity contribution in [3.05, 3.63) is 119 Å². The van der Waals surface area contributed by atoms with Gasteiger partial charge in [0.25, 0.3) is 0 Å². The molecule has 1 amide bonds. The van der Waals surface area contributed by atoms with Crippen molar-refractivity contribution in [1.29, 1.82) is 0 Å². The lowest BCUT2D eigenvalue weighted by molar-refractivity contribution is 0.0835. The predicted molar refractivity (Wildman–Crippen MR) is 126 cm³/mol. The van der Waals surface area contributed by atoms with E-state index in [4.69, 9.17) is 9.47 Å². The molecule has 0 unspecified atom stereocenters. The van der Waals surface area contributed by atoms with E-state index in [1.54, 1.807) is 0 Å². The van der Waals surface area contributed by atoms with E-state index >= 15 is 0 Å². The zero-order chi connectivity index (χ0) is 22.2. The maximum atomic E-state index is 12.9. The Balaban J connectivity index is 1.58. The maximum Gasteiger partial charge on any atom is 0.410 e. The molecule has 4 heteroatoms. The molecule has 0 saturated carbocycles. The minimum atomic E-state index is -0.316. The predicted octanol–water partition coefficient (Wildman–Crippen LogP) is 6.47. The number of benzene rings is 3. The molecule has 0 fully saturated rings. The standard InChI is InChI=1S/C28H29NO3/c1-31-28(30)29-26(24-13-7-3-8-14-24)19-23(20-27(29)25-15-9-4-10-16-25)17-18-32-21-22-11-5-2-6-12-22/h2-16,19,26-27H,17-18,20-21H2,1H3/t26-,27-/m0/s1. The molecule has 2 atom stereocenters. The van der Waals surface area contributed by atoms with Crippen LogP contribution in [0.2, 0.25) is 0 Å². The van der Waals surface area contributed by atoms with Crippen LogP contribution >= 0.6 is 0 Å². The van der Waals surface area contributed by atoms with Gasteiger partial charge < -0.3 is 9.47 Å². The molecule has 0 spiro atoms. The minimum absolute atomic E-state index is 0.0945. The molecular formula is C28H29NO3. The molecule has 0 N–H and O–H groups in total. The van der Waals surface area contributed by atoms with Crippen molar-refractivity contribution in [2.45, 2.75) is 31.5 Å². The lowest BCUT2D eigenvalue weighted by Gasteiger charge is -2.40. The minimum Gasteiger partial charge on any atom is -0.453 e. The van der Waals surface area contributed by atoms with Gasteiger partial charge in [0.15, 0.2) is 0 Å². The molecule has 1 heterocycles. The van der Waals surface area contributed by atoms with Crippen LogP contribution in [0.4, 0.5) is 4.79 Å². The van der Waals surface area contributed by atoms with Crippen molar-refractivity contribution in [3.8, 4) is 0 Å². The van der Waals surface area contributed by atoms with Crippen LogP contribution in [0.5, 0.6) is 0 Å². The van der Waals surface area contributed by atoms with Crippen molar-refractivity contribution >= 4 is 6.09 Å². The highest BCUT2D eigenvalue weighted by Gasteiger charge is 2.36. The lowest BCUT2D eigenvalue weighted by atomic mass is 9.87. The Morgan fingerprint density at radius 3 is 2.09 bits per heavy atom. The zero-order valence-electron chi connectivity index (χ0n) is 18.4. The van der Waals surface area contributed by atoms with Crippen molar-refractivity contribution in [2.24, 2.45) is 0 Å². The number of ether oxygens (including phenoxy) is 2. The summed E-state index contributed by atoms with van der Waals surface area (Å²) in [5, 5.41) is 0. The van der Waals surface area contributed by atoms with Gasteiger partial charge in [-0.2, -0.15) is 0 Å². The van der Waals surface area contributed by atoms with Crippen LogP contribution in [0.3, 0.4) is 0 Å². The average Bonchev–Trinajstić information content (AvgIpc) is 2.87. The Kier molecular flexibility index (Phi) is 7.36. The summed E-state index contributed by atoms with van der Waals surface area (Å²) < 4.78 is 11.2. The maximum absolute atomic E-state index is 12.9.